The first-order valence-electron chi connectivity index (χ1n) is 10.5. The topological polar surface area (TPSA) is 151 Å². The largest absolute Gasteiger partial charge is 0.479 e. The van der Waals surface area contributed by atoms with Crippen molar-refractivity contribution >= 4 is 18.0 Å². The van der Waals surface area contributed by atoms with Crippen LogP contribution < -0.4 is 10.6 Å². The number of aliphatic hydroxyl groups is 1. The zero-order valence-electron chi connectivity index (χ0n) is 18.0. The van der Waals surface area contributed by atoms with E-state index in [1.54, 1.807) is 0 Å². The fourth-order valence-electron chi connectivity index (χ4n) is 3.74. The van der Waals surface area contributed by atoms with Gasteiger partial charge in [0.15, 0.2) is 6.10 Å². The molecule has 1 aromatic heterocycles. The molecular weight excluding hydrogens is 440 g/mol. The lowest BCUT2D eigenvalue weighted by atomic mass is 9.98. The smallest absolute Gasteiger partial charge is 0.407 e. The van der Waals surface area contributed by atoms with Gasteiger partial charge in [0.05, 0.1) is 18.7 Å². The zero-order valence-corrected chi connectivity index (χ0v) is 18.0. The Morgan fingerprint density at radius 1 is 0.941 bits per heavy atom. The molecule has 174 valence electrons. The third kappa shape index (κ3) is 5.02. The van der Waals surface area contributed by atoms with E-state index in [9.17, 15) is 19.5 Å². The molecule has 3 aromatic rings. The molecule has 4 N–H and O–H groups in total. The summed E-state index contributed by atoms with van der Waals surface area (Å²) < 4.78 is 5.46. The Bertz CT molecular complexity index is 1170. The maximum atomic E-state index is 12.3. The number of nitrogens with one attached hydrogen (secondary N) is 2. The Balaban J connectivity index is 1.28. The van der Waals surface area contributed by atoms with Gasteiger partial charge in [0.2, 0.25) is 0 Å². The molecular formula is C24H22N4O6. The van der Waals surface area contributed by atoms with E-state index in [0.29, 0.717) is 0 Å². The number of ether oxygens (including phenoxy) is 1. The van der Waals surface area contributed by atoms with E-state index < -0.39 is 30.6 Å². The highest BCUT2D eigenvalue weighted by Crippen LogP contribution is 2.44. The predicted octanol–water partition coefficient (Wildman–Crippen LogP) is 1.69. The van der Waals surface area contributed by atoms with Crippen LogP contribution in [0.5, 0.6) is 0 Å². The fourth-order valence-corrected chi connectivity index (χ4v) is 3.74. The minimum absolute atomic E-state index is 0.00367. The number of carbonyl (C=O) groups excluding carboxylic acids is 2. The monoisotopic (exact) mass is 462 g/mol. The summed E-state index contributed by atoms with van der Waals surface area (Å²) in [5, 5.41) is 22.7. The number of rotatable bonds is 8. The fraction of sp³-hybridized carbons (Fsp3) is 0.208. The molecule has 10 heteroatoms. The number of carboxylic acid groups (broad SMARTS) is 1. The maximum absolute atomic E-state index is 12.3. The average Bonchev–Trinajstić information content (AvgIpc) is 3.18. The molecule has 0 saturated carbocycles. The molecule has 1 atom stereocenters. The number of hydrogen-bond acceptors (Lipinski definition) is 7. The molecule has 0 radical (unpaired) electrons. The van der Waals surface area contributed by atoms with Crippen molar-refractivity contribution in [2.75, 3.05) is 13.2 Å². The van der Waals surface area contributed by atoms with Crippen molar-refractivity contribution in [2.24, 2.45) is 0 Å². The van der Waals surface area contributed by atoms with Crippen molar-refractivity contribution in [3.8, 4) is 11.1 Å². The second kappa shape index (κ2) is 10.1. The molecule has 10 nitrogen and oxygen atoms in total. The SMILES string of the molecule is O=C(NCc1ncc(C(=O)NCC(O)C(=O)O)cn1)OCC1c2ccccc2-c2ccccc21. The van der Waals surface area contributed by atoms with Crippen LogP contribution >= 0.6 is 0 Å². The highest BCUT2D eigenvalue weighted by molar-refractivity contribution is 5.93. The van der Waals surface area contributed by atoms with Gasteiger partial charge in [0, 0.05) is 18.3 Å². The number of benzene rings is 2. The van der Waals surface area contributed by atoms with E-state index in [2.05, 4.69) is 32.7 Å². The van der Waals surface area contributed by atoms with E-state index in [4.69, 9.17) is 9.84 Å². The van der Waals surface area contributed by atoms with Gasteiger partial charge in [-0.05, 0) is 22.3 Å². The number of hydrogen-bond donors (Lipinski definition) is 4. The Kier molecular flexibility index (Phi) is 6.79. The normalized spacial score (nSPS) is 12.9. The van der Waals surface area contributed by atoms with E-state index >= 15 is 0 Å². The molecule has 4 rings (SSSR count). The quantitative estimate of drug-likeness (QED) is 0.395. The average molecular weight is 462 g/mol. The third-order valence-corrected chi connectivity index (χ3v) is 5.44. The van der Waals surface area contributed by atoms with Gasteiger partial charge in [-0.1, -0.05) is 48.5 Å². The molecule has 1 aliphatic rings. The van der Waals surface area contributed by atoms with Crippen LogP contribution in [0.2, 0.25) is 0 Å². The van der Waals surface area contributed by atoms with Crippen LogP contribution in [0.1, 0.15) is 33.2 Å². The molecule has 2 aromatic carbocycles. The first-order valence-corrected chi connectivity index (χ1v) is 10.5. The second-order valence-electron chi connectivity index (χ2n) is 7.63. The lowest BCUT2D eigenvalue weighted by molar-refractivity contribution is -0.146. The van der Waals surface area contributed by atoms with E-state index in [1.165, 1.54) is 12.4 Å². The molecule has 0 spiro atoms. The maximum Gasteiger partial charge on any atom is 0.407 e. The predicted molar refractivity (Wildman–Crippen MR) is 120 cm³/mol. The first kappa shape index (κ1) is 22.9. The molecule has 1 heterocycles. The molecule has 0 saturated heterocycles. The van der Waals surface area contributed by atoms with Crippen LogP contribution in [0.15, 0.2) is 60.9 Å². The molecule has 2 amide bonds. The van der Waals surface area contributed by atoms with Crippen molar-refractivity contribution in [3.05, 3.63) is 83.4 Å². The summed E-state index contributed by atoms with van der Waals surface area (Å²) >= 11 is 0. The standard InChI is InChI=1S/C24H22N4O6/c29-20(23(31)32)11-27-22(30)14-9-25-21(26-10-14)12-28-24(33)34-13-19-17-7-3-1-5-15(17)16-6-2-4-8-18(16)19/h1-10,19-20,29H,11-13H2,(H,27,30)(H,28,33)(H,31,32). The van der Waals surface area contributed by atoms with Crippen LogP contribution in [0.3, 0.4) is 0 Å². The van der Waals surface area contributed by atoms with Gasteiger partial charge >= 0.3 is 12.1 Å². The molecule has 0 fully saturated rings. The second-order valence-corrected chi connectivity index (χ2v) is 7.63. The molecule has 1 unspecified atom stereocenters. The zero-order chi connectivity index (χ0) is 24.1. The number of nitrogens with zero attached hydrogens (tertiary/aromatic N) is 2. The third-order valence-electron chi connectivity index (χ3n) is 5.44. The summed E-state index contributed by atoms with van der Waals surface area (Å²) in [6.45, 7) is -0.266. The summed E-state index contributed by atoms with van der Waals surface area (Å²) in [6, 6.07) is 16.1. The van der Waals surface area contributed by atoms with Gasteiger partial charge < -0.3 is 25.6 Å². The molecule has 1 aliphatic carbocycles. The van der Waals surface area contributed by atoms with Gasteiger partial charge in [0.25, 0.3) is 5.91 Å². The number of aromatic nitrogens is 2. The minimum atomic E-state index is -1.70. The molecule has 34 heavy (non-hydrogen) atoms. The van der Waals surface area contributed by atoms with Crippen molar-refractivity contribution < 1.29 is 29.3 Å². The van der Waals surface area contributed by atoms with E-state index in [-0.39, 0.29) is 30.5 Å². The Hall–Kier alpha value is -4.31. The van der Waals surface area contributed by atoms with Crippen molar-refractivity contribution in [3.63, 3.8) is 0 Å². The van der Waals surface area contributed by atoms with Crippen molar-refractivity contribution in [1.29, 1.82) is 0 Å². The van der Waals surface area contributed by atoms with Crippen molar-refractivity contribution in [2.45, 2.75) is 18.6 Å². The summed E-state index contributed by atoms with van der Waals surface area (Å²) in [6.07, 6.45) is 0.162. The van der Waals surface area contributed by atoms with Gasteiger partial charge in [-0.15, -0.1) is 0 Å². The van der Waals surface area contributed by atoms with Gasteiger partial charge in [-0.25, -0.2) is 19.6 Å². The molecule has 0 aliphatic heterocycles. The first-order chi connectivity index (χ1) is 16.4. The number of carbonyl (C=O) groups is 3. The van der Waals surface area contributed by atoms with Crippen LogP contribution in [-0.2, 0) is 16.1 Å². The highest BCUT2D eigenvalue weighted by Gasteiger charge is 2.29. The van der Waals surface area contributed by atoms with Gasteiger partial charge in [-0.3, -0.25) is 4.79 Å². The highest BCUT2D eigenvalue weighted by atomic mass is 16.5. The lowest BCUT2D eigenvalue weighted by Gasteiger charge is -2.14. The number of fused-ring (bicyclic) bond motifs is 3. The number of carboxylic acids is 1. The van der Waals surface area contributed by atoms with E-state index in [0.717, 1.165) is 22.3 Å². The number of aliphatic hydroxyl groups excluding tert-OH is 1. The lowest BCUT2D eigenvalue weighted by Crippen LogP contribution is -2.36. The number of amides is 2. The summed E-state index contributed by atoms with van der Waals surface area (Å²) in [5.74, 6) is -1.86. The van der Waals surface area contributed by atoms with Crippen LogP contribution in [-0.4, -0.2) is 57.4 Å². The Morgan fingerprint density at radius 3 is 2.12 bits per heavy atom. The molecule has 0 bridgehead atoms. The van der Waals surface area contributed by atoms with E-state index in [1.807, 2.05) is 36.4 Å². The van der Waals surface area contributed by atoms with Gasteiger partial charge in [-0.2, -0.15) is 0 Å². The van der Waals surface area contributed by atoms with Crippen LogP contribution in [0, 0.1) is 0 Å². The summed E-state index contributed by atoms with van der Waals surface area (Å²) in [4.78, 5) is 42.8. The van der Waals surface area contributed by atoms with Crippen LogP contribution in [0.25, 0.3) is 11.1 Å². The van der Waals surface area contributed by atoms with Gasteiger partial charge in [0.1, 0.15) is 12.4 Å². The number of alkyl carbamates (subject to hydrolysis) is 1. The number of aliphatic carboxylic acids is 1. The minimum Gasteiger partial charge on any atom is -0.479 e. The summed E-state index contributed by atoms with van der Waals surface area (Å²) in [7, 11) is 0. The van der Waals surface area contributed by atoms with Crippen LogP contribution in [0.4, 0.5) is 4.79 Å². The Labute approximate surface area is 194 Å². The van der Waals surface area contributed by atoms with Crippen molar-refractivity contribution in [1.82, 2.24) is 20.6 Å². The summed E-state index contributed by atoms with van der Waals surface area (Å²) in [5.41, 5.74) is 4.60. The Morgan fingerprint density at radius 2 is 1.53 bits per heavy atom.